The summed E-state index contributed by atoms with van der Waals surface area (Å²) in [6.07, 6.45) is 14.9. The number of carbonyl (C=O) groups excluding carboxylic acids is 1. The maximum absolute atomic E-state index is 11.9. The Morgan fingerprint density at radius 2 is 1.83 bits per heavy atom. The van der Waals surface area contributed by atoms with Gasteiger partial charge >= 0.3 is 0 Å². The molecule has 0 spiro atoms. The van der Waals surface area contributed by atoms with Crippen molar-refractivity contribution in [2.24, 2.45) is 34.5 Å². The predicted octanol–water partition coefficient (Wildman–Crippen LogP) is 3.96. The van der Waals surface area contributed by atoms with E-state index in [0.717, 1.165) is 44.4 Å². The summed E-state index contributed by atoms with van der Waals surface area (Å²) in [5.74, 6) is 5.83. The van der Waals surface area contributed by atoms with Crippen molar-refractivity contribution in [3.05, 3.63) is 0 Å². The molecular formula is C21H30O2. The minimum absolute atomic E-state index is 0.101. The van der Waals surface area contributed by atoms with E-state index in [1.165, 1.54) is 19.3 Å². The molecule has 2 nitrogen and oxygen atoms in total. The Balaban J connectivity index is 1.66. The normalized spacial score (nSPS) is 55.5. The molecule has 4 rings (SSSR count). The van der Waals surface area contributed by atoms with Gasteiger partial charge < -0.3 is 5.11 Å². The molecule has 4 fully saturated rings. The van der Waals surface area contributed by atoms with Crippen LogP contribution in [0.2, 0.25) is 0 Å². The number of hydrogen-bond acceptors (Lipinski definition) is 2. The molecule has 0 saturated heterocycles. The number of terminal acetylenes is 1. The van der Waals surface area contributed by atoms with Gasteiger partial charge in [0.05, 0.1) is 0 Å². The van der Waals surface area contributed by atoms with Crippen LogP contribution in [0.15, 0.2) is 0 Å². The van der Waals surface area contributed by atoms with Gasteiger partial charge in [-0.05, 0) is 74.0 Å². The molecule has 0 amide bonds. The zero-order valence-corrected chi connectivity index (χ0v) is 14.6. The van der Waals surface area contributed by atoms with Gasteiger partial charge in [0.2, 0.25) is 0 Å². The highest BCUT2D eigenvalue weighted by atomic mass is 16.3. The SMILES string of the molecule is C#C[C@]1(O)CC[C@H]2[C@@H]3CCC4CC(=O)CC[C@]4(C)[C@H]3CC[C@@]21C. The lowest BCUT2D eigenvalue weighted by molar-refractivity contribution is -0.147. The maximum Gasteiger partial charge on any atom is 0.133 e. The molecule has 0 heterocycles. The third kappa shape index (κ3) is 1.89. The summed E-state index contributed by atoms with van der Waals surface area (Å²) < 4.78 is 0. The van der Waals surface area contributed by atoms with Gasteiger partial charge in [-0.25, -0.2) is 0 Å². The van der Waals surface area contributed by atoms with Gasteiger partial charge in [0.1, 0.15) is 11.4 Å². The van der Waals surface area contributed by atoms with Crippen LogP contribution in [0.4, 0.5) is 0 Å². The van der Waals surface area contributed by atoms with Crippen molar-refractivity contribution in [2.45, 2.75) is 77.2 Å². The van der Waals surface area contributed by atoms with E-state index in [4.69, 9.17) is 6.42 Å². The van der Waals surface area contributed by atoms with Crippen LogP contribution in [0.25, 0.3) is 0 Å². The minimum atomic E-state index is -0.900. The van der Waals surface area contributed by atoms with Crippen LogP contribution in [0.3, 0.4) is 0 Å². The third-order valence-corrected chi connectivity index (χ3v) is 8.87. The average Bonchev–Trinajstić information content (AvgIpc) is 2.80. The fourth-order valence-electron chi connectivity index (χ4n) is 7.30. The van der Waals surface area contributed by atoms with Crippen LogP contribution in [-0.4, -0.2) is 16.5 Å². The number of aliphatic hydroxyl groups is 1. The van der Waals surface area contributed by atoms with Gasteiger partial charge in [0.25, 0.3) is 0 Å². The number of fused-ring (bicyclic) bond motifs is 5. The van der Waals surface area contributed by atoms with E-state index in [-0.39, 0.29) is 5.41 Å². The largest absolute Gasteiger partial charge is 0.377 e. The third-order valence-electron chi connectivity index (χ3n) is 8.87. The topological polar surface area (TPSA) is 37.3 Å². The number of carbonyl (C=O) groups is 1. The van der Waals surface area contributed by atoms with Crippen molar-refractivity contribution in [3.8, 4) is 12.3 Å². The summed E-state index contributed by atoms with van der Waals surface area (Å²) in [4.78, 5) is 11.9. The summed E-state index contributed by atoms with van der Waals surface area (Å²) >= 11 is 0. The number of hydrogen-bond donors (Lipinski definition) is 1. The number of ketones is 1. The van der Waals surface area contributed by atoms with E-state index in [1.54, 1.807) is 0 Å². The molecule has 0 aromatic rings. The monoisotopic (exact) mass is 314 g/mol. The molecule has 0 bridgehead atoms. The van der Waals surface area contributed by atoms with E-state index in [1.807, 2.05) is 0 Å². The van der Waals surface area contributed by atoms with Crippen LogP contribution in [0.5, 0.6) is 0 Å². The fourth-order valence-corrected chi connectivity index (χ4v) is 7.30. The van der Waals surface area contributed by atoms with E-state index in [2.05, 4.69) is 19.8 Å². The molecule has 4 saturated carbocycles. The molecule has 23 heavy (non-hydrogen) atoms. The van der Waals surface area contributed by atoms with Crippen LogP contribution < -0.4 is 0 Å². The second kappa shape index (κ2) is 4.85. The van der Waals surface area contributed by atoms with Crippen LogP contribution in [0.1, 0.15) is 71.6 Å². The maximum atomic E-state index is 11.9. The molecule has 1 N–H and O–H groups in total. The molecule has 0 aromatic heterocycles. The van der Waals surface area contributed by atoms with E-state index >= 15 is 0 Å². The zero-order valence-electron chi connectivity index (χ0n) is 14.6. The first-order valence-corrected chi connectivity index (χ1v) is 9.56. The first-order chi connectivity index (χ1) is 10.8. The lowest BCUT2D eigenvalue weighted by Gasteiger charge is -2.60. The molecule has 2 heteroatoms. The molecule has 126 valence electrons. The second-order valence-electron chi connectivity index (χ2n) is 9.40. The lowest BCUT2D eigenvalue weighted by Crippen LogP contribution is -2.56. The Hall–Kier alpha value is -0.810. The number of Topliss-reactive ketones (excluding diaryl/α,β-unsaturated/α-hetero) is 1. The molecule has 0 aliphatic heterocycles. The molecule has 1 unspecified atom stereocenters. The van der Waals surface area contributed by atoms with Crippen LogP contribution in [-0.2, 0) is 4.79 Å². The Morgan fingerprint density at radius 1 is 1.09 bits per heavy atom. The lowest BCUT2D eigenvalue weighted by atomic mass is 9.44. The minimum Gasteiger partial charge on any atom is -0.377 e. The van der Waals surface area contributed by atoms with Crippen molar-refractivity contribution in [1.82, 2.24) is 0 Å². The molecule has 7 atom stereocenters. The Labute approximate surface area is 140 Å². The fraction of sp³-hybridized carbons (Fsp3) is 0.857. The molecule has 0 aromatic carbocycles. The summed E-state index contributed by atoms with van der Waals surface area (Å²) in [5, 5.41) is 11.0. The standard InChI is InChI=1S/C21H30O2/c1-4-21(23)12-9-18-16-6-5-14-13-15(22)7-10-19(14,2)17(16)8-11-20(18,21)3/h1,14,16-18,23H,5-13H2,2-3H3/t14?,16-,17+,18+,19+,20+,21+/m1/s1. The molecule has 0 radical (unpaired) electrons. The quantitative estimate of drug-likeness (QED) is 0.687. The van der Waals surface area contributed by atoms with Gasteiger partial charge in [0, 0.05) is 18.3 Å². The smallest absolute Gasteiger partial charge is 0.133 e. The van der Waals surface area contributed by atoms with Gasteiger partial charge in [-0.3, -0.25) is 4.79 Å². The summed E-state index contributed by atoms with van der Waals surface area (Å²) in [6.45, 7) is 4.71. The Morgan fingerprint density at radius 3 is 2.57 bits per heavy atom. The highest BCUT2D eigenvalue weighted by molar-refractivity contribution is 5.79. The van der Waals surface area contributed by atoms with E-state index < -0.39 is 5.60 Å². The molecular weight excluding hydrogens is 284 g/mol. The van der Waals surface area contributed by atoms with Crippen molar-refractivity contribution in [2.75, 3.05) is 0 Å². The van der Waals surface area contributed by atoms with Crippen LogP contribution >= 0.6 is 0 Å². The van der Waals surface area contributed by atoms with E-state index in [9.17, 15) is 9.90 Å². The van der Waals surface area contributed by atoms with Crippen LogP contribution in [0, 0.1) is 46.8 Å². The van der Waals surface area contributed by atoms with Crippen molar-refractivity contribution in [1.29, 1.82) is 0 Å². The summed E-state index contributed by atoms with van der Waals surface area (Å²) in [5.41, 5.74) is -0.658. The predicted molar refractivity (Wildman–Crippen MR) is 90.5 cm³/mol. The van der Waals surface area contributed by atoms with Gasteiger partial charge in [0.15, 0.2) is 0 Å². The summed E-state index contributed by atoms with van der Waals surface area (Å²) in [6, 6.07) is 0. The highest BCUT2D eigenvalue weighted by Crippen LogP contribution is 2.67. The van der Waals surface area contributed by atoms with Gasteiger partial charge in [-0.15, -0.1) is 6.42 Å². The molecule has 4 aliphatic carbocycles. The molecule has 4 aliphatic rings. The Kier molecular flexibility index (Phi) is 3.31. The summed E-state index contributed by atoms with van der Waals surface area (Å²) in [7, 11) is 0. The average molecular weight is 314 g/mol. The van der Waals surface area contributed by atoms with Crippen molar-refractivity contribution in [3.63, 3.8) is 0 Å². The zero-order chi connectivity index (χ0) is 16.5. The second-order valence-corrected chi connectivity index (χ2v) is 9.40. The first kappa shape index (κ1) is 15.7. The first-order valence-electron chi connectivity index (χ1n) is 9.56. The Bertz CT molecular complexity index is 575. The number of rotatable bonds is 0. The van der Waals surface area contributed by atoms with Gasteiger partial charge in [-0.2, -0.15) is 0 Å². The van der Waals surface area contributed by atoms with Gasteiger partial charge in [-0.1, -0.05) is 19.8 Å². The van der Waals surface area contributed by atoms with E-state index in [0.29, 0.717) is 29.0 Å². The van der Waals surface area contributed by atoms with Crippen molar-refractivity contribution >= 4 is 5.78 Å². The van der Waals surface area contributed by atoms with Crippen molar-refractivity contribution < 1.29 is 9.90 Å². The highest BCUT2D eigenvalue weighted by Gasteiger charge is 2.64.